The van der Waals surface area contributed by atoms with E-state index in [4.69, 9.17) is 10.7 Å². The first-order chi connectivity index (χ1) is 8.78. The van der Waals surface area contributed by atoms with Crippen LogP contribution in [-0.2, 0) is 5.54 Å². The molecule has 2 saturated carbocycles. The smallest absolute Gasteiger partial charge is 0.148 e. The van der Waals surface area contributed by atoms with Gasteiger partial charge in [0.2, 0.25) is 0 Å². The number of hydrogen-bond donors (Lipinski definition) is 1. The molecule has 0 atom stereocenters. The summed E-state index contributed by atoms with van der Waals surface area (Å²) in [6, 6.07) is 2.10. The van der Waals surface area contributed by atoms with Crippen molar-refractivity contribution in [2.75, 3.05) is 0 Å². The second-order valence-electron chi connectivity index (χ2n) is 6.00. The Morgan fingerprint density at radius 3 is 2.50 bits per heavy atom. The van der Waals surface area contributed by atoms with Crippen molar-refractivity contribution in [1.29, 1.82) is 0 Å². The molecule has 18 heavy (non-hydrogen) atoms. The van der Waals surface area contributed by atoms with E-state index in [1.165, 1.54) is 50.6 Å². The predicted molar refractivity (Wildman–Crippen MR) is 72.2 cm³/mol. The fraction of sp³-hybridized carbons (Fsp3) is 0.733. The highest BCUT2D eigenvalue weighted by molar-refractivity contribution is 5.15. The molecule has 0 spiro atoms. The third-order valence-corrected chi connectivity index (χ3v) is 4.64. The second kappa shape index (κ2) is 4.96. The van der Waals surface area contributed by atoms with E-state index < -0.39 is 0 Å². The Morgan fingerprint density at radius 1 is 1.06 bits per heavy atom. The Kier molecular flexibility index (Phi) is 3.33. The number of nitrogens with two attached hydrogens (primary N) is 1. The molecule has 98 valence electrons. The summed E-state index contributed by atoms with van der Waals surface area (Å²) in [5.41, 5.74) is 7.44. The van der Waals surface area contributed by atoms with Crippen molar-refractivity contribution in [2.24, 2.45) is 5.73 Å². The van der Waals surface area contributed by atoms with E-state index in [0.717, 1.165) is 18.7 Å². The van der Waals surface area contributed by atoms with Gasteiger partial charge in [0.05, 0.1) is 5.54 Å². The van der Waals surface area contributed by atoms with Crippen LogP contribution in [0.25, 0.3) is 0 Å². The Bertz CT molecular complexity index is 404. The van der Waals surface area contributed by atoms with E-state index in [9.17, 15) is 0 Å². The molecule has 0 bridgehead atoms. The molecule has 0 unspecified atom stereocenters. The van der Waals surface area contributed by atoms with Crippen LogP contribution in [0.3, 0.4) is 0 Å². The highest BCUT2D eigenvalue weighted by Crippen LogP contribution is 2.36. The highest BCUT2D eigenvalue weighted by Gasteiger charge is 2.34. The van der Waals surface area contributed by atoms with Gasteiger partial charge in [-0.3, -0.25) is 0 Å². The van der Waals surface area contributed by atoms with Gasteiger partial charge in [0.15, 0.2) is 0 Å². The zero-order chi connectivity index (χ0) is 12.4. The van der Waals surface area contributed by atoms with Crippen LogP contribution < -0.4 is 5.73 Å². The first kappa shape index (κ1) is 12.1. The summed E-state index contributed by atoms with van der Waals surface area (Å²) in [6.07, 6.45) is 13.1. The van der Waals surface area contributed by atoms with Crippen LogP contribution in [0.5, 0.6) is 0 Å². The van der Waals surface area contributed by atoms with Gasteiger partial charge in [0.1, 0.15) is 5.82 Å². The molecule has 0 radical (unpaired) electrons. The number of rotatable bonds is 2. The molecule has 3 rings (SSSR count). The van der Waals surface area contributed by atoms with Gasteiger partial charge in [-0.2, -0.15) is 0 Å². The van der Waals surface area contributed by atoms with Crippen LogP contribution in [0.2, 0.25) is 0 Å². The fourth-order valence-electron chi connectivity index (χ4n) is 3.47. The van der Waals surface area contributed by atoms with Crippen molar-refractivity contribution in [2.45, 2.75) is 69.2 Å². The van der Waals surface area contributed by atoms with Crippen LogP contribution in [-0.4, -0.2) is 9.97 Å². The molecular weight excluding hydrogens is 222 g/mol. The summed E-state index contributed by atoms with van der Waals surface area (Å²) >= 11 is 0. The van der Waals surface area contributed by atoms with E-state index in [-0.39, 0.29) is 5.54 Å². The topological polar surface area (TPSA) is 51.8 Å². The molecule has 0 saturated heterocycles. The normalized spacial score (nSPS) is 24.3. The monoisotopic (exact) mass is 245 g/mol. The zero-order valence-corrected chi connectivity index (χ0v) is 11.1. The van der Waals surface area contributed by atoms with E-state index in [1.54, 1.807) is 0 Å². The summed E-state index contributed by atoms with van der Waals surface area (Å²) in [7, 11) is 0. The maximum atomic E-state index is 6.45. The molecule has 2 N–H and O–H groups in total. The Morgan fingerprint density at radius 2 is 1.78 bits per heavy atom. The molecule has 1 aromatic rings. The minimum atomic E-state index is -0.245. The van der Waals surface area contributed by atoms with Crippen LogP contribution in [0, 0.1) is 0 Å². The standard InChI is InChI=1S/C15H23N3/c16-15(9-4-5-10-15)14-17-11-8-13(18-14)12-6-2-1-3-7-12/h8,11-12H,1-7,9-10,16H2. The Balaban J connectivity index is 1.84. The lowest BCUT2D eigenvalue weighted by Gasteiger charge is -2.25. The van der Waals surface area contributed by atoms with Gasteiger partial charge in [0, 0.05) is 17.8 Å². The lowest BCUT2D eigenvalue weighted by atomic mass is 9.86. The first-order valence-electron chi connectivity index (χ1n) is 7.40. The molecule has 3 heteroatoms. The average Bonchev–Trinajstić information content (AvgIpc) is 2.88. The van der Waals surface area contributed by atoms with Crippen molar-refractivity contribution in [3.63, 3.8) is 0 Å². The minimum Gasteiger partial charge on any atom is -0.319 e. The van der Waals surface area contributed by atoms with Crippen molar-refractivity contribution < 1.29 is 0 Å². The van der Waals surface area contributed by atoms with Gasteiger partial charge in [-0.15, -0.1) is 0 Å². The fourth-order valence-corrected chi connectivity index (χ4v) is 3.47. The SMILES string of the molecule is NC1(c2nccc(C3CCCCC3)n2)CCCC1. The summed E-state index contributed by atoms with van der Waals surface area (Å²) < 4.78 is 0. The lowest BCUT2D eigenvalue weighted by molar-refractivity contribution is 0.411. The number of aromatic nitrogens is 2. The maximum Gasteiger partial charge on any atom is 0.148 e. The van der Waals surface area contributed by atoms with Gasteiger partial charge >= 0.3 is 0 Å². The number of hydrogen-bond acceptors (Lipinski definition) is 3. The van der Waals surface area contributed by atoms with Gasteiger partial charge in [-0.1, -0.05) is 32.1 Å². The molecule has 0 aromatic carbocycles. The van der Waals surface area contributed by atoms with E-state index in [0.29, 0.717) is 5.92 Å². The molecule has 2 aliphatic carbocycles. The molecule has 0 amide bonds. The largest absolute Gasteiger partial charge is 0.319 e. The number of nitrogens with zero attached hydrogens (tertiary/aromatic N) is 2. The average molecular weight is 245 g/mol. The van der Waals surface area contributed by atoms with E-state index in [2.05, 4.69) is 11.1 Å². The summed E-state index contributed by atoms with van der Waals surface area (Å²) in [4.78, 5) is 9.27. The molecular formula is C15H23N3. The van der Waals surface area contributed by atoms with Crippen molar-refractivity contribution >= 4 is 0 Å². The van der Waals surface area contributed by atoms with Crippen molar-refractivity contribution in [1.82, 2.24) is 9.97 Å². The maximum absolute atomic E-state index is 6.45. The van der Waals surface area contributed by atoms with Crippen LogP contribution in [0.15, 0.2) is 12.3 Å². The van der Waals surface area contributed by atoms with E-state index >= 15 is 0 Å². The van der Waals surface area contributed by atoms with E-state index in [1.807, 2.05) is 6.20 Å². The van der Waals surface area contributed by atoms with Gasteiger partial charge in [-0.25, -0.2) is 9.97 Å². The first-order valence-corrected chi connectivity index (χ1v) is 7.40. The third kappa shape index (κ3) is 2.28. The summed E-state index contributed by atoms with van der Waals surface area (Å²) in [5.74, 6) is 1.54. The minimum absolute atomic E-state index is 0.245. The molecule has 1 aromatic heterocycles. The molecule has 2 aliphatic rings. The highest BCUT2D eigenvalue weighted by atomic mass is 15.0. The zero-order valence-electron chi connectivity index (χ0n) is 11.1. The van der Waals surface area contributed by atoms with Gasteiger partial charge < -0.3 is 5.73 Å². The van der Waals surface area contributed by atoms with Crippen LogP contribution >= 0.6 is 0 Å². The predicted octanol–water partition coefficient (Wildman–Crippen LogP) is 3.25. The Labute approximate surface area is 109 Å². The van der Waals surface area contributed by atoms with Crippen LogP contribution in [0.4, 0.5) is 0 Å². The van der Waals surface area contributed by atoms with Gasteiger partial charge in [-0.05, 0) is 31.7 Å². The lowest BCUT2D eigenvalue weighted by Crippen LogP contribution is -2.35. The quantitative estimate of drug-likeness (QED) is 0.870. The Hall–Kier alpha value is -0.960. The summed E-state index contributed by atoms with van der Waals surface area (Å²) in [5, 5.41) is 0. The molecule has 2 fully saturated rings. The molecule has 3 nitrogen and oxygen atoms in total. The third-order valence-electron chi connectivity index (χ3n) is 4.64. The molecule has 0 aliphatic heterocycles. The molecule has 1 heterocycles. The van der Waals surface area contributed by atoms with Crippen molar-refractivity contribution in [3.8, 4) is 0 Å². The van der Waals surface area contributed by atoms with Gasteiger partial charge in [0.25, 0.3) is 0 Å². The summed E-state index contributed by atoms with van der Waals surface area (Å²) in [6.45, 7) is 0. The second-order valence-corrected chi connectivity index (χ2v) is 6.00. The van der Waals surface area contributed by atoms with Crippen LogP contribution in [0.1, 0.15) is 75.2 Å². The van der Waals surface area contributed by atoms with Crippen molar-refractivity contribution in [3.05, 3.63) is 23.8 Å².